The number of unbranched alkanes of at least 4 members (excludes halogenated alkanes) is 41. The molecule has 7 atom stereocenters. The molecular formula is C61H117NO8. The van der Waals surface area contributed by atoms with Crippen molar-refractivity contribution >= 4 is 5.91 Å². The molecular weight excluding hydrogens is 875 g/mol. The van der Waals surface area contributed by atoms with Crippen LogP contribution in [0, 0.1) is 0 Å². The number of nitrogens with one attached hydrogen (secondary N) is 1. The lowest BCUT2D eigenvalue weighted by Gasteiger charge is -2.40. The van der Waals surface area contributed by atoms with Crippen LogP contribution in [-0.2, 0) is 14.3 Å². The predicted molar refractivity (Wildman–Crippen MR) is 295 cm³/mol. The zero-order valence-corrected chi connectivity index (χ0v) is 46.0. The van der Waals surface area contributed by atoms with Crippen molar-refractivity contribution in [2.75, 3.05) is 13.2 Å². The Kier molecular flexibility index (Phi) is 48.7. The second-order valence-corrected chi connectivity index (χ2v) is 21.5. The number of hydrogen-bond acceptors (Lipinski definition) is 8. The minimum Gasteiger partial charge on any atom is -0.394 e. The largest absolute Gasteiger partial charge is 0.394 e. The Morgan fingerprint density at radius 2 is 0.800 bits per heavy atom. The maximum Gasteiger partial charge on any atom is 0.220 e. The van der Waals surface area contributed by atoms with Gasteiger partial charge in [0.25, 0.3) is 0 Å². The number of aliphatic hydroxyl groups excluding tert-OH is 5. The van der Waals surface area contributed by atoms with Gasteiger partial charge in [0, 0.05) is 6.42 Å². The Labute approximate surface area is 432 Å². The Hall–Kier alpha value is -1.33. The molecule has 1 amide bonds. The second kappa shape index (κ2) is 51.2. The van der Waals surface area contributed by atoms with E-state index in [9.17, 15) is 30.3 Å². The SMILES string of the molecule is CCCCCCCCCCCCCC/C=C\CCCCCCCCCCCCCCCCCC(=O)NC(COC1OC(CO)C(O)C(O)C1O)C(O)/C=C/CCCCCCCCCCCCCCCC. The first-order valence-electron chi connectivity index (χ1n) is 30.6. The van der Waals surface area contributed by atoms with Gasteiger partial charge in [0.15, 0.2) is 6.29 Å². The molecule has 9 nitrogen and oxygen atoms in total. The summed E-state index contributed by atoms with van der Waals surface area (Å²) in [4.78, 5) is 13.1. The Balaban J connectivity index is 2.13. The van der Waals surface area contributed by atoms with E-state index >= 15 is 0 Å². The minimum atomic E-state index is -1.56. The van der Waals surface area contributed by atoms with E-state index < -0.39 is 49.5 Å². The van der Waals surface area contributed by atoms with Crippen molar-refractivity contribution in [2.45, 2.75) is 346 Å². The molecule has 0 bridgehead atoms. The number of amides is 1. The topological polar surface area (TPSA) is 149 Å². The third-order valence-corrected chi connectivity index (χ3v) is 14.8. The summed E-state index contributed by atoms with van der Waals surface area (Å²) in [5, 5.41) is 54.5. The predicted octanol–water partition coefficient (Wildman–Crippen LogP) is 15.4. The smallest absolute Gasteiger partial charge is 0.220 e. The first kappa shape index (κ1) is 66.7. The number of hydrogen-bond donors (Lipinski definition) is 6. The zero-order chi connectivity index (χ0) is 50.8. The molecule has 6 N–H and O–H groups in total. The summed E-state index contributed by atoms with van der Waals surface area (Å²) in [6.07, 6.45) is 58.3. The molecule has 1 heterocycles. The van der Waals surface area contributed by atoms with Gasteiger partial charge in [0.1, 0.15) is 24.4 Å². The van der Waals surface area contributed by atoms with E-state index in [0.717, 1.165) is 38.5 Å². The van der Waals surface area contributed by atoms with Crippen LogP contribution in [0.25, 0.3) is 0 Å². The van der Waals surface area contributed by atoms with Crippen LogP contribution in [0.4, 0.5) is 0 Å². The first-order chi connectivity index (χ1) is 34.3. The lowest BCUT2D eigenvalue weighted by atomic mass is 9.99. The number of carbonyl (C=O) groups excluding carboxylic acids is 1. The van der Waals surface area contributed by atoms with E-state index in [-0.39, 0.29) is 12.5 Å². The van der Waals surface area contributed by atoms with Gasteiger partial charge in [-0.2, -0.15) is 0 Å². The van der Waals surface area contributed by atoms with Gasteiger partial charge in [-0.3, -0.25) is 4.79 Å². The van der Waals surface area contributed by atoms with Crippen molar-refractivity contribution < 1.29 is 39.8 Å². The molecule has 7 unspecified atom stereocenters. The summed E-state index contributed by atoms with van der Waals surface area (Å²) in [5.74, 6) is -0.172. The van der Waals surface area contributed by atoms with Crippen LogP contribution < -0.4 is 5.32 Å². The summed E-state index contributed by atoms with van der Waals surface area (Å²) in [5.41, 5.74) is 0. The summed E-state index contributed by atoms with van der Waals surface area (Å²) in [6.45, 7) is 3.81. The highest BCUT2D eigenvalue weighted by Gasteiger charge is 2.44. The highest BCUT2D eigenvalue weighted by atomic mass is 16.7. The molecule has 414 valence electrons. The van der Waals surface area contributed by atoms with Gasteiger partial charge in [0.05, 0.1) is 25.4 Å². The number of aliphatic hydroxyl groups is 5. The Morgan fingerprint density at radius 1 is 0.471 bits per heavy atom. The van der Waals surface area contributed by atoms with Crippen LogP contribution in [0.15, 0.2) is 24.3 Å². The molecule has 0 aromatic carbocycles. The Morgan fingerprint density at radius 3 is 1.16 bits per heavy atom. The average Bonchev–Trinajstić information content (AvgIpc) is 3.36. The van der Waals surface area contributed by atoms with Crippen molar-refractivity contribution in [1.82, 2.24) is 5.32 Å². The molecule has 0 saturated carbocycles. The molecule has 1 saturated heterocycles. The van der Waals surface area contributed by atoms with Crippen molar-refractivity contribution in [3.05, 3.63) is 24.3 Å². The van der Waals surface area contributed by atoms with Crippen molar-refractivity contribution in [3.63, 3.8) is 0 Å². The fourth-order valence-corrected chi connectivity index (χ4v) is 9.92. The molecule has 0 aliphatic carbocycles. The summed E-state index contributed by atoms with van der Waals surface area (Å²) in [6, 6.07) is -0.802. The van der Waals surface area contributed by atoms with E-state index in [1.807, 2.05) is 6.08 Å². The summed E-state index contributed by atoms with van der Waals surface area (Å²) in [7, 11) is 0. The molecule has 1 aliphatic heterocycles. The molecule has 0 aromatic heterocycles. The molecule has 1 rings (SSSR count). The maximum absolute atomic E-state index is 13.1. The van der Waals surface area contributed by atoms with E-state index in [0.29, 0.717) is 6.42 Å². The van der Waals surface area contributed by atoms with Gasteiger partial charge in [0.2, 0.25) is 5.91 Å². The highest BCUT2D eigenvalue weighted by Crippen LogP contribution is 2.23. The van der Waals surface area contributed by atoms with E-state index in [2.05, 4.69) is 31.3 Å². The number of allylic oxidation sites excluding steroid dienone is 3. The van der Waals surface area contributed by atoms with Crippen LogP contribution in [-0.4, -0.2) is 87.5 Å². The Bertz CT molecular complexity index is 1150. The van der Waals surface area contributed by atoms with Gasteiger partial charge in [-0.1, -0.05) is 276 Å². The normalized spacial score (nSPS) is 19.4. The van der Waals surface area contributed by atoms with Crippen LogP contribution in [0.1, 0.15) is 303 Å². The van der Waals surface area contributed by atoms with Crippen LogP contribution in [0.3, 0.4) is 0 Å². The molecule has 1 aliphatic rings. The van der Waals surface area contributed by atoms with Gasteiger partial charge >= 0.3 is 0 Å². The van der Waals surface area contributed by atoms with Crippen LogP contribution in [0.5, 0.6) is 0 Å². The standard InChI is InChI=1S/C61H117NO8/c1-3-5-7-9-11-13-15-17-19-21-22-23-24-25-26-27-28-29-30-31-32-33-34-35-37-39-41-43-45-47-49-51-57(65)62-54(53-69-61-60(68)59(67)58(66)56(52-63)70-61)55(64)50-48-46-44-42-40-38-36-20-18-16-14-12-10-8-6-4-2/h25-26,48,50,54-56,58-61,63-64,66-68H,3-24,27-47,49,51-53H2,1-2H3,(H,62,65)/b26-25-,50-48+. The maximum atomic E-state index is 13.1. The zero-order valence-electron chi connectivity index (χ0n) is 46.0. The average molecular weight is 993 g/mol. The molecule has 1 fully saturated rings. The fraction of sp³-hybridized carbons (Fsp3) is 0.918. The minimum absolute atomic E-state index is 0.172. The van der Waals surface area contributed by atoms with Crippen molar-refractivity contribution in [2.24, 2.45) is 0 Å². The third-order valence-electron chi connectivity index (χ3n) is 14.8. The number of carbonyl (C=O) groups is 1. The molecule has 70 heavy (non-hydrogen) atoms. The third kappa shape index (κ3) is 40.1. The highest BCUT2D eigenvalue weighted by molar-refractivity contribution is 5.76. The fourth-order valence-electron chi connectivity index (χ4n) is 9.92. The molecule has 0 aromatic rings. The van der Waals surface area contributed by atoms with E-state index in [1.165, 1.54) is 244 Å². The van der Waals surface area contributed by atoms with Gasteiger partial charge < -0.3 is 40.3 Å². The quantitative estimate of drug-likeness (QED) is 0.0261. The van der Waals surface area contributed by atoms with Gasteiger partial charge in [-0.15, -0.1) is 0 Å². The van der Waals surface area contributed by atoms with Gasteiger partial charge in [-0.25, -0.2) is 0 Å². The number of rotatable bonds is 53. The summed E-state index contributed by atoms with van der Waals surface area (Å²) < 4.78 is 11.3. The van der Waals surface area contributed by atoms with Crippen molar-refractivity contribution in [1.29, 1.82) is 0 Å². The molecule has 0 spiro atoms. The van der Waals surface area contributed by atoms with Crippen LogP contribution >= 0.6 is 0 Å². The van der Waals surface area contributed by atoms with Crippen LogP contribution in [0.2, 0.25) is 0 Å². The molecule has 0 radical (unpaired) electrons. The molecule has 9 heteroatoms. The lowest BCUT2D eigenvalue weighted by molar-refractivity contribution is -0.302. The van der Waals surface area contributed by atoms with E-state index in [4.69, 9.17) is 9.47 Å². The lowest BCUT2D eigenvalue weighted by Crippen LogP contribution is -2.60. The van der Waals surface area contributed by atoms with Gasteiger partial charge in [-0.05, 0) is 44.9 Å². The summed E-state index contributed by atoms with van der Waals surface area (Å²) >= 11 is 0. The second-order valence-electron chi connectivity index (χ2n) is 21.5. The van der Waals surface area contributed by atoms with E-state index in [1.54, 1.807) is 6.08 Å². The monoisotopic (exact) mass is 992 g/mol. The first-order valence-corrected chi connectivity index (χ1v) is 30.6. The number of ether oxygens (including phenoxy) is 2. The van der Waals surface area contributed by atoms with Crippen molar-refractivity contribution in [3.8, 4) is 0 Å².